The normalized spacial score (nSPS) is 13.1. The monoisotopic (exact) mass is 764 g/mol. The molecule has 13 rings (SSSR count). The number of hydrogen-bond donors (Lipinski definition) is 0. The molecule has 1 aliphatic carbocycles. The van der Waals surface area contributed by atoms with Crippen molar-refractivity contribution in [3.05, 3.63) is 241 Å². The lowest BCUT2D eigenvalue weighted by Crippen LogP contribution is -2.27. The van der Waals surface area contributed by atoms with Crippen molar-refractivity contribution in [2.75, 3.05) is 4.90 Å². The second-order valence-electron chi connectivity index (χ2n) is 15.9. The van der Waals surface area contributed by atoms with Crippen LogP contribution in [0.4, 0.5) is 17.1 Å². The Morgan fingerprint density at radius 1 is 0.383 bits per heavy atom. The molecule has 0 fully saturated rings. The number of hydrogen-bond acceptors (Lipinski definition) is 2. The smallest absolute Gasteiger partial charge is 0.134 e. The van der Waals surface area contributed by atoms with Crippen LogP contribution in [-0.4, -0.2) is 14.1 Å². The molecule has 0 unspecified atom stereocenters. The number of aromatic nitrogens is 3. The summed E-state index contributed by atoms with van der Waals surface area (Å²) in [6, 6.07) is 79.3. The Morgan fingerprint density at radius 3 is 1.57 bits per heavy atom. The van der Waals surface area contributed by atoms with E-state index in [9.17, 15) is 0 Å². The van der Waals surface area contributed by atoms with Crippen LogP contribution in [0.15, 0.2) is 218 Å². The molecule has 0 bridgehead atoms. The van der Waals surface area contributed by atoms with Crippen LogP contribution in [0.2, 0.25) is 0 Å². The molecule has 0 atom stereocenters. The third kappa shape index (κ3) is 4.47. The minimum absolute atomic E-state index is 0.515. The third-order valence-electron chi connectivity index (χ3n) is 12.9. The highest BCUT2D eigenvalue weighted by atomic mass is 15.2. The van der Waals surface area contributed by atoms with E-state index in [0.717, 1.165) is 39.6 Å². The molecule has 4 nitrogen and oxygen atoms in total. The van der Waals surface area contributed by atoms with Gasteiger partial charge in [0.05, 0.1) is 27.8 Å². The van der Waals surface area contributed by atoms with Gasteiger partial charge in [-0.15, -0.1) is 0 Å². The van der Waals surface area contributed by atoms with Crippen molar-refractivity contribution in [3.63, 3.8) is 0 Å². The molecule has 60 heavy (non-hydrogen) atoms. The zero-order valence-electron chi connectivity index (χ0n) is 32.6. The van der Waals surface area contributed by atoms with Crippen LogP contribution in [0.1, 0.15) is 22.5 Å². The first-order valence-corrected chi connectivity index (χ1v) is 20.6. The fourth-order valence-corrected chi connectivity index (χ4v) is 10.4. The van der Waals surface area contributed by atoms with Gasteiger partial charge in [0.2, 0.25) is 0 Å². The summed E-state index contributed by atoms with van der Waals surface area (Å²) >= 11 is 0. The van der Waals surface area contributed by atoms with Gasteiger partial charge < -0.3 is 9.47 Å². The first kappa shape index (κ1) is 33.1. The maximum atomic E-state index is 5.66. The molecule has 0 saturated carbocycles. The molecule has 0 N–H and O–H groups in total. The van der Waals surface area contributed by atoms with Gasteiger partial charge in [0, 0.05) is 33.5 Å². The van der Waals surface area contributed by atoms with E-state index >= 15 is 0 Å². The van der Waals surface area contributed by atoms with E-state index < -0.39 is 5.41 Å². The van der Waals surface area contributed by atoms with Gasteiger partial charge in [-0.3, -0.25) is 4.57 Å². The molecule has 9 aromatic carbocycles. The fraction of sp³-hybridized carbons (Fsp3) is 0.0179. The van der Waals surface area contributed by atoms with E-state index in [0.29, 0.717) is 0 Å². The number of para-hydroxylation sites is 3. The fourth-order valence-electron chi connectivity index (χ4n) is 10.4. The van der Waals surface area contributed by atoms with Gasteiger partial charge >= 0.3 is 0 Å². The highest BCUT2D eigenvalue weighted by Crippen LogP contribution is 2.60. The molecular formula is C56H36N4. The lowest BCUT2D eigenvalue weighted by molar-refractivity contribution is 0.738. The van der Waals surface area contributed by atoms with E-state index in [1.54, 1.807) is 0 Å². The SMILES string of the molecule is c1ccc(-c2ccc(N(c3ccc(-n4c5ccccc5c5ccccc54)cc3)c3ccc4c(c3)nc3n4-c4ccccc4C34c3ccccc3-c3ccccc34)cc2)cc1. The van der Waals surface area contributed by atoms with Crippen molar-refractivity contribution in [2.45, 2.75) is 5.41 Å². The quantitative estimate of drug-likeness (QED) is 0.174. The summed E-state index contributed by atoms with van der Waals surface area (Å²) in [5.41, 5.74) is 18.2. The molecule has 1 spiro atoms. The van der Waals surface area contributed by atoms with Crippen LogP contribution in [0, 0.1) is 0 Å². The molecular weight excluding hydrogens is 729 g/mol. The summed E-state index contributed by atoms with van der Waals surface area (Å²) in [7, 11) is 0. The van der Waals surface area contributed by atoms with Crippen LogP contribution in [0.25, 0.3) is 66.5 Å². The first-order chi connectivity index (χ1) is 29.8. The number of anilines is 3. The number of nitrogens with zero attached hydrogens (tertiary/aromatic N) is 4. The Labute approximate surface area is 347 Å². The predicted octanol–water partition coefficient (Wildman–Crippen LogP) is 13.9. The van der Waals surface area contributed by atoms with Crippen LogP contribution < -0.4 is 4.90 Å². The van der Waals surface area contributed by atoms with Crippen LogP contribution in [-0.2, 0) is 5.41 Å². The first-order valence-electron chi connectivity index (χ1n) is 20.6. The molecule has 0 radical (unpaired) electrons. The maximum Gasteiger partial charge on any atom is 0.134 e. The summed E-state index contributed by atoms with van der Waals surface area (Å²) in [6.45, 7) is 0. The summed E-state index contributed by atoms with van der Waals surface area (Å²) in [5, 5.41) is 2.51. The van der Waals surface area contributed by atoms with Crippen LogP contribution in [0.3, 0.4) is 0 Å². The Balaban J connectivity index is 0.993. The number of benzene rings is 9. The van der Waals surface area contributed by atoms with Crippen molar-refractivity contribution < 1.29 is 0 Å². The average Bonchev–Trinajstić information content (AvgIpc) is 4.03. The zero-order valence-corrected chi connectivity index (χ0v) is 32.6. The molecule has 1 aliphatic heterocycles. The standard InChI is InChI=1S/C56H36N4/c1-2-14-37(15-3-1)38-26-28-39(29-27-38)58(40-30-32-41(33-31-40)59-51-23-11-6-18-45(51)46-19-7-12-24-52(46)59)42-34-35-54-50(36-42)57-55-56(49-22-10-13-25-53(49)60(54)55)47-20-8-4-16-43(47)44-17-5-9-21-48(44)56/h1-36H. The van der Waals surface area contributed by atoms with Crippen molar-refractivity contribution in [2.24, 2.45) is 0 Å². The molecule has 4 heteroatoms. The zero-order chi connectivity index (χ0) is 39.4. The van der Waals surface area contributed by atoms with Gasteiger partial charge in [0.25, 0.3) is 0 Å². The van der Waals surface area contributed by atoms with Gasteiger partial charge in [0.1, 0.15) is 11.2 Å². The second kappa shape index (κ2) is 12.5. The largest absolute Gasteiger partial charge is 0.310 e. The predicted molar refractivity (Wildman–Crippen MR) is 246 cm³/mol. The van der Waals surface area contributed by atoms with E-state index in [1.165, 1.54) is 66.4 Å². The van der Waals surface area contributed by atoms with E-state index in [1.807, 2.05) is 0 Å². The molecule has 0 amide bonds. The van der Waals surface area contributed by atoms with Gasteiger partial charge in [-0.05, 0) is 112 Å². The van der Waals surface area contributed by atoms with Crippen LogP contribution >= 0.6 is 0 Å². The minimum Gasteiger partial charge on any atom is -0.310 e. The van der Waals surface area contributed by atoms with E-state index in [4.69, 9.17) is 4.98 Å². The van der Waals surface area contributed by atoms with Gasteiger partial charge in [-0.2, -0.15) is 0 Å². The minimum atomic E-state index is -0.515. The second-order valence-corrected chi connectivity index (χ2v) is 15.9. The average molecular weight is 765 g/mol. The lowest BCUT2D eigenvalue weighted by atomic mass is 9.73. The highest BCUT2D eigenvalue weighted by Gasteiger charge is 2.54. The Morgan fingerprint density at radius 2 is 0.900 bits per heavy atom. The van der Waals surface area contributed by atoms with E-state index in [-0.39, 0.29) is 0 Å². The number of rotatable bonds is 5. The number of fused-ring (bicyclic) bond motifs is 15. The molecule has 280 valence electrons. The molecule has 3 heterocycles. The Kier molecular flexibility index (Phi) is 6.90. The van der Waals surface area contributed by atoms with E-state index in [2.05, 4.69) is 232 Å². The van der Waals surface area contributed by atoms with Crippen molar-refractivity contribution in [1.82, 2.24) is 14.1 Å². The Bertz CT molecular complexity index is 3380. The maximum absolute atomic E-state index is 5.66. The number of imidazole rings is 1. The Hall–Kier alpha value is -7.95. The lowest BCUT2D eigenvalue weighted by Gasteiger charge is -2.27. The third-order valence-corrected chi connectivity index (χ3v) is 12.9. The van der Waals surface area contributed by atoms with Gasteiger partial charge in [-0.25, -0.2) is 4.98 Å². The summed E-state index contributed by atoms with van der Waals surface area (Å²) < 4.78 is 4.78. The summed E-state index contributed by atoms with van der Waals surface area (Å²) in [4.78, 5) is 8.02. The van der Waals surface area contributed by atoms with Gasteiger partial charge in [-0.1, -0.05) is 146 Å². The molecule has 2 aliphatic rings. The highest BCUT2D eigenvalue weighted by molar-refractivity contribution is 6.09. The van der Waals surface area contributed by atoms with Gasteiger partial charge in [0.15, 0.2) is 0 Å². The van der Waals surface area contributed by atoms with Crippen molar-refractivity contribution >= 4 is 49.9 Å². The van der Waals surface area contributed by atoms with Crippen molar-refractivity contribution in [1.29, 1.82) is 0 Å². The topological polar surface area (TPSA) is 26.0 Å². The molecule has 0 saturated heterocycles. The van der Waals surface area contributed by atoms with Crippen LogP contribution in [0.5, 0.6) is 0 Å². The summed E-state index contributed by atoms with van der Waals surface area (Å²) in [5.74, 6) is 1.04. The molecule has 11 aromatic rings. The molecule has 2 aromatic heterocycles. The van der Waals surface area contributed by atoms with Crippen molar-refractivity contribution in [3.8, 4) is 33.6 Å². The summed E-state index contributed by atoms with van der Waals surface area (Å²) in [6.07, 6.45) is 0.